The van der Waals surface area contributed by atoms with Gasteiger partial charge in [0.2, 0.25) is 0 Å². The van der Waals surface area contributed by atoms with E-state index in [1.54, 1.807) is 0 Å². The highest BCUT2D eigenvalue weighted by molar-refractivity contribution is 9.10. The van der Waals surface area contributed by atoms with Gasteiger partial charge in [0.15, 0.2) is 0 Å². The normalized spacial score (nSPS) is 20.5. The summed E-state index contributed by atoms with van der Waals surface area (Å²) in [7, 11) is 0. The first-order valence-corrected chi connectivity index (χ1v) is 8.63. The number of rotatable bonds is 5. The van der Waals surface area contributed by atoms with Crippen molar-refractivity contribution < 1.29 is 4.42 Å². The lowest BCUT2D eigenvalue weighted by atomic mass is 10.1. The van der Waals surface area contributed by atoms with E-state index in [0.29, 0.717) is 12.1 Å². The number of nitrogens with one attached hydrogen (secondary N) is 1. The molecule has 1 aromatic carbocycles. The van der Waals surface area contributed by atoms with Gasteiger partial charge in [0.05, 0.1) is 6.04 Å². The molecule has 0 amide bonds. The van der Waals surface area contributed by atoms with Gasteiger partial charge < -0.3 is 9.73 Å². The van der Waals surface area contributed by atoms with Crippen molar-refractivity contribution in [1.82, 2.24) is 10.2 Å². The molecule has 3 nitrogen and oxygen atoms in total. The Labute approximate surface area is 134 Å². The van der Waals surface area contributed by atoms with E-state index in [4.69, 9.17) is 4.42 Å². The van der Waals surface area contributed by atoms with Crippen LogP contribution in [0.3, 0.4) is 0 Å². The molecule has 0 aliphatic carbocycles. The van der Waals surface area contributed by atoms with Crippen LogP contribution in [0, 0.1) is 0 Å². The van der Waals surface area contributed by atoms with E-state index in [0.717, 1.165) is 35.5 Å². The minimum Gasteiger partial charge on any atom is -0.459 e. The summed E-state index contributed by atoms with van der Waals surface area (Å²) in [6.45, 7) is 7.77. The van der Waals surface area contributed by atoms with Crippen LogP contribution in [0.25, 0.3) is 11.0 Å². The molecule has 1 aliphatic heterocycles. The monoisotopic (exact) mass is 350 g/mol. The molecule has 1 fully saturated rings. The number of hydrogen-bond donors (Lipinski definition) is 1. The second-order valence-corrected chi connectivity index (χ2v) is 6.80. The average molecular weight is 351 g/mol. The van der Waals surface area contributed by atoms with Gasteiger partial charge in [0, 0.05) is 22.4 Å². The Balaban J connectivity index is 1.78. The van der Waals surface area contributed by atoms with E-state index in [2.05, 4.69) is 52.1 Å². The Bertz CT molecular complexity index is 604. The third kappa shape index (κ3) is 3.33. The predicted molar refractivity (Wildman–Crippen MR) is 90.6 cm³/mol. The lowest BCUT2D eigenvalue weighted by molar-refractivity contribution is 0.183. The molecule has 21 heavy (non-hydrogen) atoms. The number of hydrogen-bond acceptors (Lipinski definition) is 3. The van der Waals surface area contributed by atoms with Crippen molar-refractivity contribution in [2.75, 3.05) is 19.6 Å². The molecule has 1 saturated heterocycles. The topological polar surface area (TPSA) is 28.4 Å². The van der Waals surface area contributed by atoms with Gasteiger partial charge in [0.25, 0.3) is 0 Å². The van der Waals surface area contributed by atoms with Crippen LogP contribution < -0.4 is 5.32 Å². The van der Waals surface area contributed by atoms with Crippen LogP contribution in [0.5, 0.6) is 0 Å². The fourth-order valence-corrected chi connectivity index (χ4v) is 3.56. The number of likely N-dealkylation sites (N-methyl/N-ethyl adjacent to an activating group) is 1. The van der Waals surface area contributed by atoms with Crippen LogP contribution in [0.1, 0.15) is 38.5 Å². The molecule has 4 heteroatoms. The molecule has 1 aromatic heterocycles. The lowest BCUT2D eigenvalue weighted by Crippen LogP contribution is -2.38. The van der Waals surface area contributed by atoms with Crippen LogP contribution >= 0.6 is 15.9 Å². The first-order chi connectivity index (χ1) is 10.2. The first-order valence-electron chi connectivity index (χ1n) is 7.84. The molecule has 2 atom stereocenters. The molecule has 3 rings (SSSR count). The standard InChI is InChI=1S/C17H23BrN2O/c1-3-20(11-15-5-4-8-19-15)12(2)17-10-13-9-14(18)6-7-16(13)21-17/h6-7,9-10,12,15,19H,3-5,8,11H2,1-2H3. The van der Waals surface area contributed by atoms with Crippen LogP contribution in [-0.2, 0) is 0 Å². The zero-order valence-electron chi connectivity index (χ0n) is 12.7. The van der Waals surface area contributed by atoms with Crippen molar-refractivity contribution in [3.8, 4) is 0 Å². The van der Waals surface area contributed by atoms with E-state index >= 15 is 0 Å². The minimum absolute atomic E-state index is 0.309. The molecule has 1 N–H and O–H groups in total. The van der Waals surface area contributed by atoms with Gasteiger partial charge in [-0.05, 0) is 57.1 Å². The van der Waals surface area contributed by atoms with Gasteiger partial charge in [-0.1, -0.05) is 22.9 Å². The third-order valence-corrected chi connectivity index (χ3v) is 4.97. The summed E-state index contributed by atoms with van der Waals surface area (Å²) in [4.78, 5) is 2.50. The maximum atomic E-state index is 6.05. The van der Waals surface area contributed by atoms with Crippen LogP contribution in [0.4, 0.5) is 0 Å². The first kappa shape index (κ1) is 15.1. The van der Waals surface area contributed by atoms with Crippen molar-refractivity contribution in [1.29, 1.82) is 0 Å². The summed E-state index contributed by atoms with van der Waals surface area (Å²) < 4.78 is 7.14. The molecule has 2 heterocycles. The number of halogens is 1. The number of benzene rings is 1. The second kappa shape index (κ2) is 6.51. The van der Waals surface area contributed by atoms with Gasteiger partial charge in [-0.2, -0.15) is 0 Å². The summed E-state index contributed by atoms with van der Waals surface area (Å²) >= 11 is 3.52. The largest absolute Gasteiger partial charge is 0.459 e. The molecular formula is C17H23BrN2O. The van der Waals surface area contributed by atoms with E-state index in [1.807, 2.05) is 12.1 Å². The van der Waals surface area contributed by atoms with Gasteiger partial charge >= 0.3 is 0 Å². The molecular weight excluding hydrogens is 328 g/mol. The predicted octanol–water partition coefficient (Wildman–Crippen LogP) is 4.33. The number of nitrogens with zero attached hydrogens (tertiary/aromatic N) is 1. The minimum atomic E-state index is 0.309. The summed E-state index contributed by atoms with van der Waals surface area (Å²) in [5, 5.41) is 4.75. The van der Waals surface area contributed by atoms with E-state index in [1.165, 1.54) is 18.2 Å². The molecule has 1 aliphatic rings. The zero-order chi connectivity index (χ0) is 14.8. The lowest BCUT2D eigenvalue weighted by Gasteiger charge is -2.29. The van der Waals surface area contributed by atoms with Gasteiger partial charge in [-0.15, -0.1) is 0 Å². The SMILES string of the molecule is CCN(CC1CCCN1)C(C)c1cc2cc(Br)ccc2o1. The highest BCUT2D eigenvalue weighted by Gasteiger charge is 2.23. The smallest absolute Gasteiger partial charge is 0.134 e. The van der Waals surface area contributed by atoms with Gasteiger partial charge in [0.1, 0.15) is 11.3 Å². The molecule has 0 radical (unpaired) electrons. The maximum absolute atomic E-state index is 6.05. The zero-order valence-corrected chi connectivity index (χ0v) is 14.3. The Kier molecular flexibility index (Phi) is 4.67. The highest BCUT2D eigenvalue weighted by atomic mass is 79.9. The summed E-state index contributed by atoms with van der Waals surface area (Å²) in [6, 6.07) is 9.29. The fraction of sp³-hybridized carbons (Fsp3) is 0.529. The van der Waals surface area contributed by atoms with Crippen molar-refractivity contribution in [3.05, 3.63) is 34.5 Å². The quantitative estimate of drug-likeness (QED) is 0.869. The summed E-state index contributed by atoms with van der Waals surface area (Å²) in [5.74, 6) is 1.06. The maximum Gasteiger partial charge on any atom is 0.134 e. The molecule has 114 valence electrons. The molecule has 0 saturated carbocycles. The van der Waals surface area contributed by atoms with Gasteiger partial charge in [-0.25, -0.2) is 0 Å². The summed E-state index contributed by atoms with van der Waals surface area (Å²) in [5.41, 5.74) is 0.968. The second-order valence-electron chi connectivity index (χ2n) is 5.89. The summed E-state index contributed by atoms with van der Waals surface area (Å²) in [6.07, 6.45) is 2.59. The van der Waals surface area contributed by atoms with Crippen molar-refractivity contribution in [2.45, 2.75) is 38.8 Å². The Morgan fingerprint density at radius 2 is 2.29 bits per heavy atom. The Morgan fingerprint density at radius 1 is 1.43 bits per heavy atom. The fourth-order valence-electron chi connectivity index (χ4n) is 3.18. The average Bonchev–Trinajstić information content (AvgIpc) is 3.12. The molecule has 0 spiro atoms. The van der Waals surface area contributed by atoms with Crippen LogP contribution in [0.2, 0.25) is 0 Å². The highest BCUT2D eigenvalue weighted by Crippen LogP contribution is 2.29. The third-order valence-electron chi connectivity index (χ3n) is 4.48. The van der Waals surface area contributed by atoms with Crippen LogP contribution in [0.15, 0.2) is 33.2 Å². The van der Waals surface area contributed by atoms with E-state index in [-0.39, 0.29) is 0 Å². The van der Waals surface area contributed by atoms with E-state index in [9.17, 15) is 0 Å². The number of fused-ring (bicyclic) bond motifs is 1. The Hall–Kier alpha value is -0.840. The Morgan fingerprint density at radius 3 is 3.00 bits per heavy atom. The van der Waals surface area contributed by atoms with E-state index < -0.39 is 0 Å². The molecule has 0 bridgehead atoms. The number of furan rings is 1. The molecule has 2 aromatic rings. The van der Waals surface area contributed by atoms with Crippen molar-refractivity contribution >= 4 is 26.9 Å². The van der Waals surface area contributed by atoms with Crippen molar-refractivity contribution in [3.63, 3.8) is 0 Å². The van der Waals surface area contributed by atoms with Crippen LogP contribution in [-0.4, -0.2) is 30.6 Å². The molecule has 2 unspecified atom stereocenters. The van der Waals surface area contributed by atoms with Gasteiger partial charge in [-0.3, -0.25) is 4.90 Å². The van der Waals surface area contributed by atoms with Crippen molar-refractivity contribution in [2.24, 2.45) is 0 Å².